The van der Waals surface area contributed by atoms with Crippen LogP contribution in [0.2, 0.25) is 0 Å². The molecule has 1 aliphatic carbocycles. The topological polar surface area (TPSA) is 0 Å². The number of allylic oxidation sites excluding steroid dienone is 4. The molecule has 0 nitrogen and oxygen atoms in total. The molecule has 0 N–H and O–H groups in total. The molecule has 0 saturated heterocycles. The summed E-state index contributed by atoms with van der Waals surface area (Å²) in [7, 11) is 0. The lowest BCUT2D eigenvalue weighted by molar-refractivity contribution is 0.0814. The molecule has 0 radical (unpaired) electrons. The maximum absolute atomic E-state index is 15.2. The Morgan fingerprint density at radius 2 is 1.56 bits per heavy atom. The summed E-state index contributed by atoms with van der Waals surface area (Å²) >= 11 is 0. The first kappa shape index (κ1) is 17.5. The number of hydrogen-bond acceptors (Lipinski definition) is 0. The van der Waals surface area contributed by atoms with Gasteiger partial charge in [0.2, 0.25) is 0 Å². The first-order valence-corrected chi connectivity index (χ1v) is 8.63. The average molecular weight is 342 g/mol. The Morgan fingerprint density at radius 3 is 2.24 bits per heavy atom. The van der Waals surface area contributed by atoms with Gasteiger partial charge < -0.3 is 0 Å². The third-order valence-corrected chi connectivity index (χ3v) is 4.70. The summed E-state index contributed by atoms with van der Waals surface area (Å²) in [6.45, 7) is 1.88. The summed E-state index contributed by atoms with van der Waals surface area (Å²) < 4.78 is 44.4. The van der Waals surface area contributed by atoms with E-state index in [1.807, 2.05) is 49.4 Å². The predicted molar refractivity (Wildman–Crippen MR) is 97.3 cm³/mol. The lowest BCUT2D eigenvalue weighted by atomic mass is 9.80. The van der Waals surface area contributed by atoms with Crippen molar-refractivity contribution >= 4 is 5.57 Å². The van der Waals surface area contributed by atoms with Crippen LogP contribution in [0.5, 0.6) is 0 Å². The molecular weight excluding hydrogens is 321 g/mol. The van der Waals surface area contributed by atoms with E-state index in [-0.39, 0.29) is 12.0 Å². The van der Waals surface area contributed by atoms with Crippen molar-refractivity contribution in [2.45, 2.75) is 38.0 Å². The molecule has 0 saturated carbocycles. The Balaban J connectivity index is 2.06. The molecule has 2 atom stereocenters. The van der Waals surface area contributed by atoms with Crippen LogP contribution in [0.15, 0.2) is 72.6 Å². The number of unbranched alkanes of at least 4 members (excludes halogenated alkanes) is 1. The van der Waals surface area contributed by atoms with Crippen LogP contribution >= 0.6 is 0 Å². The zero-order valence-corrected chi connectivity index (χ0v) is 14.2. The summed E-state index contributed by atoms with van der Waals surface area (Å²) in [5.41, 5.74) is -0.0584. The minimum absolute atomic E-state index is 0.155. The van der Waals surface area contributed by atoms with Gasteiger partial charge in [0.05, 0.1) is 0 Å². The van der Waals surface area contributed by atoms with E-state index in [9.17, 15) is 4.39 Å². The Hall–Kier alpha value is -2.29. The highest BCUT2D eigenvalue weighted by molar-refractivity contribution is 5.85. The fourth-order valence-corrected chi connectivity index (χ4v) is 3.26. The largest absolute Gasteiger partial charge is 0.238 e. The third-order valence-electron chi connectivity index (χ3n) is 4.70. The van der Waals surface area contributed by atoms with Crippen LogP contribution in [0.4, 0.5) is 13.2 Å². The van der Waals surface area contributed by atoms with Crippen LogP contribution in [-0.4, -0.2) is 11.8 Å². The molecule has 130 valence electrons. The molecule has 3 heteroatoms. The summed E-state index contributed by atoms with van der Waals surface area (Å²) in [4.78, 5) is 0. The van der Waals surface area contributed by atoms with Gasteiger partial charge in [0.15, 0.2) is 11.8 Å². The second-order valence-electron chi connectivity index (χ2n) is 6.38. The number of halogens is 3. The molecule has 0 spiro atoms. The first-order chi connectivity index (χ1) is 12.1. The average Bonchev–Trinajstić information content (AvgIpc) is 2.66. The molecule has 2 aromatic carbocycles. The number of alkyl halides is 2. The van der Waals surface area contributed by atoms with Gasteiger partial charge in [-0.25, -0.2) is 13.2 Å². The van der Waals surface area contributed by atoms with Crippen molar-refractivity contribution < 1.29 is 13.2 Å². The van der Waals surface area contributed by atoms with Crippen molar-refractivity contribution in [1.29, 1.82) is 0 Å². The summed E-state index contributed by atoms with van der Waals surface area (Å²) in [5, 5.41) is 0. The maximum Gasteiger partial charge on any atom is 0.197 e. The van der Waals surface area contributed by atoms with Gasteiger partial charge in [-0.3, -0.25) is 0 Å². The SMILES string of the molecule is CCCCC1(F)C(F)=CC=C(c2ccccc2-c2ccccc2)C1F. The molecule has 0 aromatic heterocycles. The predicted octanol–water partition coefficient (Wildman–Crippen LogP) is 6.84. The zero-order valence-electron chi connectivity index (χ0n) is 14.2. The van der Waals surface area contributed by atoms with Crippen molar-refractivity contribution in [3.8, 4) is 11.1 Å². The van der Waals surface area contributed by atoms with Gasteiger partial charge in [0, 0.05) is 0 Å². The van der Waals surface area contributed by atoms with Crippen LogP contribution in [0.25, 0.3) is 16.7 Å². The monoisotopic (exact) mass is 342 g/mol. The molecule has 0 amide bonds. The lowest BCUT2D eigenvalue weighted by Crippen LogP contribution is -2.38. The van der Waals surface area contributed by atoms with E-state index in [4.69, 9.17) is 0 Å². The molecule has 0 heterocycles. The molecular formula is C22H21F3. The van der Waals surface area contributed by atoms with Crippen LogP contribution in [0.3, 0.4) is 0 Å². The van der Waals surface area contributed by atoms with Gasteiger partial charge in [-0.15, -0.1) is 0 Å². The normalized spacial score (nSPS) is 23.1. The Labute approximate surface area is 146 Å². The van der Waals surface area contributed by atoms with Crippen LogP contribution in [-0.2, 0) is 0 Å². The van der Waals surface area contributed by atoms with E-state index < -0.39 is 17.7 Å². The zero-order chi connectivity index (χ0) is 17.9. The second-order valence-corrected chi connectivity index (χ2v) is 6.38. The molecule has 0 aliphatic heterocycles. The minimum atomic E-state index is -2.58. The first-order valence-electron chi connectivity index (χ1n) is 8.63. The Kier molecular flexibility index (Phi) is 5.12. The van der Waals surface area contributed by atoms with Crippen molar-refractivity contribution in [3.05, 3.63) is 78.1 Å². The van der Waals surface area contributed by atoms with Gasteiger partial charge in [0.25, 0.3) is 0 Å². The summed E-state index contributed by atoms with van der Waals surface area (Å²) in [6.07, 6.45) is 1.39. The number of hydrogen-bond donors (Lipinski definition) is 0. The number of benzene rings is 2. The van der Waals surface area contributed by atoms with Crippen molar-refractivity contribution in [3.63, 3.8) is 0 Å². The van der Waals surface area contributed by atoms with Gasteiger partial charge >= 0.3 is 0 Å². The maximum atomic E-state index is 15.2. The van der Waals surface area contributed by atoms with Crippen LogP contribution < -0.4 is 0 Å². The standard InChI is InChI=1S/C22H21F3/c1-2-3-15-22(25)20(23)14-13-19(21(22)24)18-12-8-7-11-17(18)16-9-5-4-6-10-16/h4-14,21H,2-3,15H2,1H3. The van der Waals surface area contributed by atoms with Crippen molar-refractivity contribution in [2.24, 2.45) is 0 Å². The summed E-state index contributed by atoms with van der Waals surface area (Å²) in [5.74, 6) is -1.02. The van der Waals surface area contributed by atoms with E-state index in [1.165, 1.54) is 6.08 Å². The van der Waals surface area contributed by atoms with Gasteiger partial charge in [-0.2, -0.15) is 0 Å². The minimum Gasteiger partial charge on any atom is -0.238 e. The third kappa shape index (κ3) is 3.28. The molecule has 1 aliphatic rings. The van der Waals surface area contributed by atoms with Crippen molar-refractivity contribution in [2.75, 3.05) is 0 Å². The van der Waals surface area contributed by atoms with E-state index in [2.05, 4.69) is 0 Å². The second kappa shape index (κ2) is 7.30. The fourth-order valence-electron chi connectivity index (χ4n) is 3.26. The molecule has 0 fully saturated rings. The smallest absolute Gasteiger partial charge is 0.197 e. The van der Waals surface area contributed by atoms with Crippen molar-refractivity contribution in [1.82, 2.24) is 0 Å². The van der Waals surface area contributed by atoms with Gasteiger partial charge in [-0.1, -0.05) is 74.0 Å². The van der Waals surface area contributed by atoms with Gasteiger partial charge in [0.1, 0.15) is 5.83 Å². The Bertz CT molecular complexity index is 792. The highest BCUT2D eigenvalue weighted by atomic mass is 19.2. The van der Waals surface area contributed by atoms with Gasteiger partial charge in [-0.05, 0) is 41.2 Å². The summed E-state index contributed by atoms with van der Waals surface area (Å²) in [6, 6.07) is 16.8. The quantitative estimate of drug-likeness (QED) is 0.558. The van der Waals surface area contributed by atoms with Crippen LogP contribution in [0.1, 0.15) is 31.7 Å². The Morgan fingerprint density at radius 1 is 0.920 bits per heavy atom. The molecule has 0 bridgehead atoms. The van der Waals surface area contributed by atoms with E-state index >= 15 is 8.78 Å². The molecule has 25 heavy (non-hydrogen) atoms. The number of rotatable bonds is 5. The van der Waals surface area contributed by atoms with E-state index in [0.717, 1.165) is 17.2 Å². The molecule has 3 rings (SSSR count). The fraction of sp³-hybridized carbons (Fsp3) is 0.273. The van der Waals surface area contributed by atoms with Crippen LogP contribution in [0, 0.1) is 0 Å². The van der Waals surface area contributed by atoms with E-state index in [0.29, 0.717) is 18.4 Å². The molecule has 2 aromatic rings. The molecule has 2 unspecified atom stereocenters. The highest BCUT2D eigenvalue weighted by Gasteiger charge is 2.47. The lowest BCUT2D eigenvalue weighted by Gasteiger charge is -2.32. The highest BCUT2D eigenvalue weighted by Crippen LogP contribution is 2.45. The van der Waals surface area contributed by atoms with E-state index in [1.54, 1.807) is 12.1 Å².